The molecule has 4 rings (SSSR count). The second-order valence-electron chi connectivity index (χ2n) is 8.91. The van der Waals surface area contributed by atoms with Crippen molar-refractivity contribution in [2.24, 2.45) is 5.92 Å². The second kappa shape index (κ2) is 8.27. The molecule has 0 amide bonds. The monoisotopic (exact) mass is 406 g/mol. The Morgan fingerprint density at radius 1 is 1.20 bits per heavy atom. The van der Waals surface area contributed by atoms with Crippen molar-refractivity contribution in [1.29, 1.82) is 0 Å². The summed E-state index contributed by atoms with van der Waals surface area (Å²) in [6, 6.07) is 13.2. The van der Waals surface area contributed by atoms with Crippen LogP contribution in [-0.4, -0.2) is 23.3 Å². The molecule has 1 saturated heterocycles. The second-order valence-corrected chi connectivity index (χ2v) is 8.91. The van der Waals surface area contributed by atoms with Gasteiger partial charge in [0.25, 0.3) is 0 Å². The minimum absolute atomic E-state index is 0.0156. The largest absolute Gasteiger partial charge is 0.487 e. The Kier molecular flexibility index (Phi) is 5.70. The molecule has 2 aromatic rings. The molecule has 3 atom stereocenters. The van der Waals surface area contributed by atoms with Gasteiger partial charge in [-0.05, 0) is 81.8 Å². The quantitative estimate of drug-likeness (QED) is 0.582. The summed E-state index contributed by atoms with van der Waals surface area (Å²) in [5.41, 5.74) is 4.33. The summed E-state index contributed by atoms with van der Waals surface area (Å²) in [7, 11) is 0. The van der Waals surface area contributed by atoms with Crippen molar-refractivity contribution >= 4 is 5.97 Å². The zero-order valence-electron chi connectivity index (χ0n) is 18.0. The molecule has 2 aliphatic rings. The normalized spacial score (nSPS) is 24.9. The van der Waals surface area contributed by atoms with Gasteiger partial charge in [0.2, 0.25) is 0 Å². The van der Waals surface area contributed by atoms with Crippen molar-refractivity contribution in [2.45, 2.75) is 58.2 Å². The summed E-state index contributed by atoms with van der Waals surface area (Å²) < 4.78 is 12.9. The van der Waals surface area contributed by atoms with E-state index in [0.29, 0.717) is 11.5 Å². The van der Waals surface area contributed by atoms with Gasteiger partial charge in [0.1, 0.15) is 11.4 Å². The van der Waals surface area contributed by atoms with Gasteiger partial charge >= 0.3 is 5.97 Å². The lowest BCUT2D eigenvalue weighted by Crippen LogP contribution is -2.49. The highest BCUT2D eigenvalue weighted by Crippen LogP contribution is 2.51. The van der Waals surface area contributed by atoms with E-state index in [1.54, 1.807) is 18.2 Å². The maximum Gasteiger partial charge on any atom is 0.335 e. The molecule has 0 spiro atoms. The number of hydrogen-bond donors (Lipinski definition) is 1. The summed E-state index contributed by atoms with van der Waals surface area (Å²) in [4.78, 5) is 11.4. The van der Waals surface area contributed by atoms with Gasteiger partial charge in [-0.1, -0.05) is 29.8 Å². The number of carbonyl (C=O) groups is 1. The Bertz CT molecular complexity index is 973. The van der Waals surface area contributed by atoms with Gasteiger partial charge in [-0.25, -0.2) is 4.79 Å². The van der Waals surface area contributed by atoms with Crippen molar-refractivity contribution in [3.63, 3.8) is 0 Å². The fraction of sp³-hybridized carbons (Fsp3) is 0.423. The van der Waals surface area contributed by atoms with Gasteiger partial charge in [0, 0.05) is 18.1 Å². The van der Waals surface area contributed by atoms with E-state index >= 15 is 0 Å². The number of rotatable bonds is 5. The molecule has 0 saturated carbocycles. The number of ether oxygens (including phenoxy) is 2. The standard InChI is InChI=1S/C26H30O4/c1-17(2)7-5-13-26(3)22-10-6-14-29-24(22)21-16-19(11-12-23(21)30-26)18-8-4-9-20(15-18)25(27)28/h4,7-9,11-12,15-16,22,24H,5-6,10,13-14H2,1-3H3,(H,27,28)/t22-,24+,26+/m1/s1. The Morgan fingerprint density at radius 2 is 2.00 bits per heavy atom. The lowest BCUT2D eigenvalue weighted by molar-refractivity contribution is -0.126. The lowest BCUT2D eigenvalue weighted by Gasteiger charge is -2.48. The Morgan fingerprint density at radius 3 is 2.77 bits per heavy atom. The van der Waals surface area contributed by atoms with Crippen LogP contribution in [0.15, 0.2) is 54.1 Å². The first-order valence-corrected chi connectivity index (χ1v) is 10.8. The van der Waals surface area contributed by atoms with E-state index in [1.807, 2.05) is 18.2 Å². The summed E-state index contributed by atoms with van der Waals surface area (Å²) >= 11 is 0. The number of benzene rings is 2. The smallest absolute Gasteiger partial charge is 0.335 e. The molecule has 2 aliphatic heterocycles. The molecule has 158 valence electrons. The van der Waals surface area contributed by atoms with E-state index in [0.717, 1.165) is 54.7 Å². The van der Waals surface area contributed by atoms with Crippen molar-refractivity contribution < 1.29 is 19.4 Å². The Hall–Kier alpha value is -2.59. The highest BCUT2D eigenvalue weighted by molar-refractivity contribution is 5.89. The number of carboxylic acid groups (broad SMARTS) is 1. The molecule has 1 N–H and O–H groups in total. The molecular formula is C26H30O4. The van der Waals surface area contributed by atoms with Gasteiger partial charge in [-0.15, -0.1) is 0 Å². The van der Waals surface area contributed by atoms with Crippen LogP contribution in [0.4, 0.5) is 0 Å². The third-order valence-electron chi connectivity index (χ3n) is 6.40. The van der Waals surface area contributed by atoms with Crippen molar-refractivity contribution in [3.05, 3.63) is 65.2 Å². The maximum atomic E-state index is 11.4. The molecular weight excluding hydrogens is 376 g/mol. The topological polar surface area (TPSA) is 55.8 Å². The summed E-state index contributed by atoms with van der Waals surface area (Å²) in [6.07, 6.45) is 6.40. The van der Waals surface area contributed by atoms with Gasteiger partial charge < -0.3 is 14.6 Å². The molecule has 30 heavy (non-hydrogen) atoms. The van der Waals surface area contributed by atoms with Crippen LogP contribution < -0.4 is 4.74 Å². The molecule has 0 unspecified atom stereocenters. The van der Waals surface area contributed by atoms with Crippen LogP contribution in [0.2, 0.25) is 0 Å². The average Bonchev–Trinajstić information content (AvgIpc) is 2.73. The number of fused-ring (bicyclic) bond motifs is 3. The highest BCUT2D eigenvalue weighted by atomic mass is 16.5. The fourth-order valence-electron chi connectivity index (χ4n) is 4.80. The molecule has 0 aliphatic carbocycles. The van der Waals surface area contributed by atoms with Crippen molar-refractivity contribution in [3.8, 4) is 16.9 Å². The van der Waals surface area contributed by atoms with Crippen molar-refractivity contribution in [2.75, 3.05) is 6.61 Å². The van der Waals surface area contributed by atoms with E-state index in [4.69, 9.17) is 9.47 Å². The predicted molar refractivity (Wildman–Crippen MR) is 118 cm³/mol. The fourth-order valence-corrected chi connectivity index (χ4v) is 4.80. The minimum atomic E-state index is -0.916. The molecule has 4 heteroatoms. The molecule has 0 radical (unpaired) electrons. The van der Waals surface area contributed by atoms with E-state index in [9.17, 15) is 9.90 Å². The zero-order valence-corrected chi connectivity index (χ0v) is 18.0. The minimum Gasteiger partial charge on any atom is -0.487 e. The first-order valence-electron chi connectivity index (χ1n) is 10.8. The van der Waals surface area contributed by atoms with Crippen molar-refractivity contribution in [1.82, 2.24) is 0 Å². The van der Waals surface area contributed by atoms with E-state index in [-0.39, 0.29) is 11.7 Å². The summed E-state index contributed by atoms with van der Waals surface area (Å²) in [6.45, 7) is 7.26. The summed E-state index contributed by atoms with van der Waals surface area (Å²) in [5.74, 6) is 0.279. The number of allylic oxidation sites excluding steroid dienone is 2. The number of carboxylic acids is 1. The van der Waals surface area contributed by atoms with Crippen LogP contribution in [0.3, 0.4) is 0 Å². The molecule has 2 aromatic carbocycles. The molecule has 1 fully saturated rings. The third-order valence-corrected chi connectivity index (χ3v) is 6.40. The van der Waals surface area contributed by atoms with Gasteiger partial charge in [-0.2, -0.15) is 0 Å². The van der Waals surface area contributed by atoms with Gasteiger partial charge in [0.05, 0.1) is 11.7 Å². The molecule has 0 bridgehead atoms. The number of aromatic carboxylic acids is 1. The third kappa shape index (κ3) is 4.01. The van der Waals surface area contributed by atoms with Gasteiger partial charge in [0.15, 0.2) is 0 Å². The Labute approximate surface area is 178 Å². The summed E-state index contributed by atoms with van der Waals surface area (Å²) in [5, 5.41) is 9.32. The zero-order chi connectivity index (χ0) is 21.3. The molecule has 0 aromatic heterocycles. The lowest BCUT2D eigenvalue weighted by atomic mass is 9.73. The first kappa shape index (κ1) is 20.7. The first-order chi connectivity index (χ1) is 14.4. The van der Waals surface area contributed by atoms with E-state index < -0.39 is 5.97 Å². The average molecular weight is 407 g/mol. The maximum absolute atomic E-state index is 11.4. The number of hydrogen-bond acceptors (Lipinski definition) is 3. The molecule has 4 nitrogen and oxygen atoms in total. The van der Waals surface area contributed by atoms with E-state index in [1.165, 1.54) is 5.57 Å². The Balaban J connectivity index is 1.69. The van der Waals surface area contributed by atoms with Crippen LogP contribution in [0.5, 0.6) is 5.75 Å². The van der Waals surface area contributed by atoms with Crippen LogP contribution >= 0.6 is 0 Å². The highest BCUT2D eigenvalue weighted by Gasteiger charge is 2.48. The molecule has 2 heterocycles. The van der Waals surface area contributed by atoms with Crippen LogP contribution in [0.25, 0.3) is 11.1 Å². The van der Waals surface area contributed by atoms with Crippen LogP contribution in [0.1, 0.15) is 68.5 Å². The van der Waals surface area contributed by atoms with Crippen LogP contribution in [0, 0.1) is 5.92 Å². The van der Waals surface area contributed by atoms with E-state index in [2.05, 4.69) is 32.9 Å². The SMILES string of the molecule is CC(C)=CCC[C@]1(C)Oc2ccc(-c3cccc(C(=O)O)c3)cc2[C@@H]2OCCC[C@H]21. The van der Waals surface area contributed by atoms with Gasteiger partial charge in [-0.3, -0.25) is 0 Å². The predicted octanol–water partition coefficient (Wildman–Crippen LogP) is 6.42. The van der Waals surface area contributed by atoms with Crippen LogP contribution in [-0.2, 0) is 4.74 Å².